The maximum Gasteiger partial charge on any atom is 0.160 e. The lowest BCUT2D eigenvalue weighted by atomic mass is 9.96. The first-order chi connectivity index (χ1) is 11.9. The molecule has 1 unspecified atom stereocenters. The van der Waals surface area contributed by atoms with Crippen molar-refractivity contribution in [1.29, 1.82) is 0 Å². The van der Waals surface area contributed by atoms with E-state index in [9.17, 15) is 0 Å². The summed E-state index contributed by atoms with van der Waals surface area (Å²) in [6, 6.07) is 0. The van der Waals surface area contributed by atoms with Gasteiger partial charge in [-0.2, -0.15) is 0 Å². The van der Waals surface area contributed by atoms with Crippen LogP contribution in [0.3, 0.4) is 0 Å². The quantitative estimate of drug-likeness (QED) is 0.222. The molecule has 0 aromatic heterocycles. The zero-order valence-electron chi connectivity index (χ0n) is 16.4. The molecule has 142 valence electrons. The highest BCUT2D eigenvalue weighted by atomic mass is 16.7. The van der Waals surface area contributed by atoms with Crippen LogP contribution in [0.15, 0.2) is 12.2 Å². The summed E-state index contributed by atoms with van der Waals surface area (Å²) in [5.41, 5.74) is 0. The molecular formula is C22H42O2. The van der Waals surface area contributed by atoms with E-state index < -0.39 is 0 Å². The van der Waals surface area contributed by atoms with Gasteiger partial charge >= 0.3 is 0 Å². The zero-order valence-corrected chi connectivity index (χ0v) is 16.4. The third kappa shape index (κ3) is 11.3. The molecular weight excluding hydrogens is 296 g/mol. The highest BCUT2D eigenvalue weighted by Gasteiger charge is 2.25. The third-order valence-corrected chi connectivity index (χ3v) is 5.04. The summed E-state index contributed by atoms with van der Waals surface area (Å²) in [7, 11) is 0. The van der Waals surface area contributed by atoms with Gasteiger partial charge < -0.3 is 9.47 Å². The van der Waals surface area contributed by atoms with Crippen molar-refractivity contribution in [1.82, 2.24) is 0 Å². The Bertz CT molecular complexity index is 282. The van der Waals surface area contributed by atoms with Crippen LogP contribution in [0, 0.1) is 5.92 Å². The average Bonchev–Trinajstić information content (AvgIpc) is 3.12. The fourth-order valence-electron chi connectivity index (χ4n) is 3.46. The van der Waals surface area contributed by atoms with Gasteiger partial charge in [-0.05, 0) is 25.7 Å². The monoisotopic (exact) mass is 338 g/mol. The normalized spacial score (nSPS) is 17.1. The van der Waals surface area contributed by atoms with E-state index >= 15 is 0 Å². The van der Waals surface area contributed by atoms with Crippen LogP contribution in [0.4, 0.5) is 0 Å². The van der Waals surface area contributed by atoms with E-state index in [1.807, 2.05) is 0 Å². The van der Waals surface area contributed by atoms with Crippen molar-refractivity contribution >= 4 is 0 Å². The van der Waals surface area contributed by atoms with Crippen LogP contribution in [-0.4, -0.2) is 19.5 Å². The molecule has 0 N–H and O–H groups in total. The van der Waals surface area contributed by atoms with Crippen molar-refractivity contribution in [2.45, 2.75) is 110 Å². The Labute approximate surface area is 151 Å². The Morgan fingerprint density at radius 1 is 0.750 bits per heavy atom. The molecule has 1 rings (SSSR count). The lowest BCUT2D eigenvalue weighted by Crippen LogP contribution is -2.21. The molecule has 0 amide bonds. The van der Waals surface area contributed by atoms with E-state index in [0.717, 1.165) is 19.6 Å². The second-order valence-electron chi connectivity index (χ2n) is 7.34. The first-order valence-electron chi connectivity index (χ1n) is 10.8. The van der Waals surface area contributed by atoms with Gasteiger partial charge in [0.25, 0.3) is 0 Å². The number of rotatable bonds is 16. The highest BCUT2D eigenvalue weighted by molar-refractivity contribution is 4.85. The zero-order chi connectivity index (χ0) is 17.3. The van der Waals surface area contributed by atoms with Gasteiger partial charge in [-0.15, -0.1) is 0 Å². The fraction of sp³-hybridized carbons (Fsp3) is 0.909. The number of allylic oxidation sites excluding steroid dienone is 2. The molecule has 1 saturated heterocycles. The lowest BCUT2D eigenvalue weighted by Gasteiger charge is -2.21. The van der Waals surface area contributed by atoms with Crippen molar-refractivity contribution < 1.29 is 9.47 Å². The second kappa shape index (κ2) is 16.1. The Hall–Kier alpha value is -0.340. The molecule has 0 spiro atoms. The Kier molecular flexibility index (Phi) is 14.6. The van der Waals surface area contributed by atoms with E-state index in [4.69, 9.17) is 9.47 Å². The predicted molar refractivity (Wildman–Crippen MR) is 104 cm³/mol. The van der Waals surface area contributed by atoms with Crippen LogP contribution in [0.2, 0.25) is 0 Å². The molecule has 24 heavy (non-hydrogen) atoms. The summed E-state index contributed by atoms with van der Waals surface area (Å²) >= 11 is 0. The molecule has 1 fully saturated rings. The molecule has 0 radical (unpaired) electrons. The molecule has 0 aromatic carbocycles. The molecule has 2 heteroatoms. The number of hydrogen-bond acceptors (Lipinski definition) is 2. The Morgan fingerprint density at radius 3 is 2.00 bits per heavy atom. The molecule has 0 aromatic rings. The van der Waals surface area contributed by atoms with Crippen molar-refractivity contribution in [2.75, 3.05) is 13.2 Å². The summed E-state index contributed by atoms with van der Waals surface area (Å²) in [6.07, 6.45) is 23.5. The van der Waals surface area contributed by atoms with Crippen LogP contribution in [-0.2, 0) is 9.47 Å². The molecule has 1 atom stereocenters. The topological polar surface area (TPSA) is 18.5 Å². The van der Waals surface area contributed by atoms with Gasteiger partial charge in [0.15, 0.2) is 6.29 Å². The summed E-state index contributed by atoms with van der Waals surface area (Å²) < 4.78 is 11.6. The van der Waals surface area contributed by atoms with Gasteiger partial charge in [-0.3, -0.25) is 0 Å². The van der Waals surface area contributed by atoms with Gasteiger partial charge in [0.1, 0.15) is 0 Å². The van der Waals surface area contributed by atoms with Gasteiger partial charge in [-0.25, -0.2) is 0 Å². The van der Waals surface area contributed by atoms with E-state index in [1.54, 1.807) is 0 Å². The lowest BCUT2D eigenvalue weighted by molar-refractivity contribution is -0.0850. The molecule has 1 heterocycles. The first kappa shape index (κ1) is 21.7. The summed E-state index contributed by atoms with van der Waals surface area (Å²) in [6.45, 7) is 6.10. The van der Waals surface area contributed by atoms with Crippen LogP contribution in [0.1, 0.15) is 104 Å². The maximum absolute atomic E-state index is 5.78. The number of hydrogen-bond donors (Lipinski definition) is 0. The SMILES string of the molecule is CCCCC/C=C/CC(CCCCCCCCCC)C1OCCO1. The van der Waals surface area contributed by atoms with E-state index in [1.165, 1.54) is 83.5 Å². The van der Waals surface area contributed by atoms with Crippen molar-refractivity contribution in [3.05, 3.63) is 12.2 Å². The van der Waals surface area contributed by atoms with Crippen LogP contribution in [0.5, 0.6) is 0 Å². The smallest absolute Gasteiger partial charge is 0.160 e. The van der Waals surface area contributed by atoms with Crippen LogP contribution < -0.4 is 0 Å². The van der Waals surface area contributed by atoms with Gasteiger partial charge in [0, 0.05) is 5.92 Å². The molecule has 1 aliphatic rings. The van der Waals surface area contributed by atoms with Crippen molar-refractivity contribution in [3.8, 4) is 0 Å². The van der Waals surface area contributed by atoms with Gasteiger partial charge in [-0.1, -0.05) is 90.2 Å². The predicted octanol–water partition coefficient (Wildman–Crippen LogP) is 7.03. The van der Waals surface area contributed by atoms with Crippen LogP contribution in [0.25, 0.3) is 0 Å². The standard InChI is InChI=1S/C22H42O2/c1-3-5-7-9-11-12-14-16-18-21(22-23-19-20-24-22)17-15-13-10-8-6-4-2/h13,15,21-22H,3-12,14,16-20H2,1-2H3/b15-13+. The van der Waals surface area contributed by atoms with Crippen LogP contribution >= 0.6 is 0 Å². The minimum atomic E-state index is 0.0508. The summed E-state index contributed by atoms with van der Waals surface area (Å²) in [5, 5.41) is 0. The third-order valence-electron chi connectivity index (χ3n) is 5.04. The average molecular weight is 339 g/mol. The minimum absolute atomic E-state index is 0.0508. The summed E-state index contributed by atoms with van der Waals surface area (Å²) in [4.78, 5) is 0. The highest BCUT2D eigenvalue weighted by Crippen LogP contribution is 2.25. The second-order valence-corrected chi connectivity index (χ2v) is 7.34. The van der Waals surface area contributed by atoms with Gasteiger partial charge in [0.2, 0.25) is 0 Å². The summed E-state index contributed by atoms with van der Waals surface area (Å²) in [5.74, 6) is 0.551. The molecule has 0 bridgehead atoms. The van der Waals surface area contributed by atoms with E-state index in [2.05, 4.69) is 26.0 Å². The largest absolute Gasteiger partial charge is 0.350 e. The fourth-order valence-corrected chi connectivity index (χ4v) is 3.46. The van der Waals surface area contributed by atoms with E-state index in [-0.39, 0.29) is 6.29 Å². The number of unbranched alkanes of at least 4 members (excludes halogenated alkanes) is 10. The Balaban J connectivity index is 2.13. The molecule has 1 aliphatic heterocycles. The van der Waals surface area contributed by atoms with Gasteiger partial charge in [0.05, 0.1) is 13.2 Å². The molecule has 0 saturated carbocycles. The Morgan fingerprint density at radius 2 is 1.33 bits per heavy atom. The first-order valence-corrected chi connectivity index (χ1v) is 10.8. The molecule has 0 aliphatic carbocycles. The van der Waals surface area contributed by atoms with Crippen molar-refractivity contribution in [2.24, 2.45) is 5.92 Å². The number of ether oxygens (including phenoxy) is 2. The van der Waals surface area contributed by atoms with Crippen molar-refractivity contribution in [3.63, 3.8) is 0 Å². The van der Waals surface area contributed by atoms with E-state index in [0.29, 0.717) is 5.92 Å². The molecule has 2 nitrogen and oxygen atoms in total. The maximum atomic E-state index is 5.78. The minimum Gasteiger partial charge on any atom is -0.350 e.